The molecule has 1 heterocycles. The zero-order chi connectivity index (χ0) is 9.84. The molecule has 13 heavy (non-hydrogen) atoms. The SMILES string of the molecule is CC(=O)CC(C#N)c1cc(C)cs1. The van der Waals surface area contributed by atoms with E-state index < -0.39 is 0 Å². The molecule has 1 aromatic heterocycles. The molecular formula is C10H11NOS. The van der Waals surface area contributed by atoms with E-state index in [1.54, 1.807) is 11.3 Å². The minimum atomic E-state index is -0.254. The lowest BCUT2D eigenvalue weighted by atomic mass is 10.0. The summed E-state index contributed by atoms with van der Waals surface area (Å²) in [4.78, 5) is 11.8. The van der Waals surface area contributed by atoms with E-state index in [1.165, 1.54) is 6.92 Å². The maximum Gasteiger partial charge on any atom is 0.131 e. The van der Waals surface area contributed by atoms with Crippen LogP contribution in [-0.2, 0) is 4.79 Å². The highest BCUT2D eigenvalue weighted by molar-refractivity contribution is 7.10. The topological polar surface area (TPSA) is 40.9 Å². The van der Waals surface area contributed by atoms with Crippen molar-refractivity contribution in [1.82, 2.24) is 0 Å². The molecule has 0 bridgehead atoms. The Hall–Kier alpha value is -1.14. The van der Waals surface area contributed by atoms with Crippen LogP contribution in [0.25, 0.3) is 0 Å². The van der Waals surface area contributed by atoms with Gasteiger partial charge in [0.2, 0.25) is 0 Å². The van der Waals surface area contributed by atoms with Gasteiger partial charge in [0.05, 0.1) is 12.0 Å². The van der Waals surface area contributed by atoms with Crippen LogP contribution >= 0.6 is 11.3 Å². The highest BCUT2D eigenvalue weighted by atomic mass is 32.1. The maximum atomic E-state index is 10.8. The lowest BCUT2D eigenvalue weighted by Crippen LogP contribution is -1.99. The summed E-state index contributed by atoms with van der Waals surface area (Å²) in [5, 5.41) is 10.8. The van der Waals surface area contributed by atoms with Crippen LogP contribution in [0.3, 0.4) is 0 Å². The van der Waals surface area contributed by atoms with E-state index in [4.69, 9.17) is 5.26 Å². The lowest BCUT2D eigenvalue weighted by Gasteiger charge is -2.01. The third-order valence-electron chi connectivity index (χ3n) is 1.74. The molecule has 1 rings (SSSR count). The molecular weight excluding hydrogens is 182 g/mol. The van der Waals surface area contributed by atoms with Crippen molar-refractivity contribution in [3.63, 3.8) is 0 Å². The van der Waals surface area contributed by atoms with Crippen LogP contribution in [0.1, 0.15) is 29.7 Å². The molecule has 0 saturated carbocycles. The van der Waals surface area contributed by atoms with Crippen molar-refractivity contribution >= 4 is 17.1 Å². The number of hydrogen-bond acceptors (Lipinski definition) is 3. The van der Waals surface area contributed by atoms with Crippen LogP contribution in [0, 0.1) is 18.3 Å². The smallest absolute Gasteiger partial charge is 0.131 e. The number of carbonyl (C=O) groups excluding carboxylic acids is 1. The molecule has 0 saturated heterocycles. The third-order valence-corrected chi connectivity index (χ3v) is 2.91. The fourth-order valence-electron chi connectivity index (χ4n) is 1.13. The number of ketones is 1. The normalized spacial score (nSPS) is 12.1. The summed E-state index contributed by atoms with van der Waals surface area (Å²) in [5.41, 5.74) is 1.16. The van der Waals surface area contributed by atoms with E-state index in [0.29, 0.717) is 6.42 Å². The Kier molecular flexibility index (Phi) is 3.21. The van der Waals surface area contributed by atoms with E-state index in [2.05, 4.69) is 6.07 Å². The molecule has 0 aliphatic rings. The molecule has 0 aromatic carbocycles. The van der Waals surface area contributed by atoms with Crippen LogP contribution in [0.15, 0.2) is 11.4 Å². The number of nitriles is 1. The third kappa shape index (κ3) is 2.67. The second kappa shape index (κ2) is 4.20. The van der Waals surface area contributed by atoms with E-state index in [0.717, 1.165) is 10.4 Å². The molecule has 0 fully saturated rings. The van der Waals surface area contributed by atoms with Gasteiger partial charge in [-0.25, -0.2) is 0 Å². The van der Waals surface area contributed by atoms with Gasteiger partial charge in [-0.1, -0.05) is 0 Å². The van der Waals surface area contributed by atoms with Gasteiger partial charge in [0.15, 0.2) is 0 Å². The first-order chi connectivity index (χ1) is 6.13. The highest BCUT2D eigenvalue weighted by Crippen LogP contribution is 2.25. The van der Waals surface area contributed by atoms with Gasteiger partial charge in [-0.05, 0) is 30.9 Å². The van der Waals surface area contributed by atoms with Crippen LogP contribution < -0.4 is 0 Å². The first kappa shape index (κ1) is 9.94. The number of aryl methyl sites for hydroxylation is 1. The second-order valence-electron chi connectivity index (χ2n) is 3.11. The van der Waals surface area contributed by atoms with Crippen LogP contribution in [-0.4, -0.2) is 5.78 Å². The molecule has 1 aromatic rings. The van der Waals surface area contributed by atoms with Gasteiger partial charge in [-0.2, -0.15) is 5.26 Å². The molecule has 0 aliphatic heterocycles. The molecule has 0 radical (unpaired) electrons. The molecule has 2 nitrogen and oxygen atoms in total. The van der Waals surface area contributed by atoms with E-state index in [-0.39, 0.29) is 11.7 Å². The summed E-state index contributed by atoms with van der Waals surface area (Å²) in [6.45, 7) is 3.51. The number of rotatable bonds is 3. The van der Waals surface area contributed by atoms with Gasteiger partial charge >= 0.3 is 0 Å². The Bertz CT molecular complexity index is 348. The molecule has 1 atom stereocenters. The molecule has 3 heteroatoms. The zero-order valence-corrected chi connectivity index (χ0v) is 8.52. The number of thiophene rings is 1. The van der Waals surface area contributed by atoms with Gasteiger partial charge in [0.25, 0.3) is 0 Å². The van der Waals surface area contributed by atoms with Crippen LogP contribution in [0.2, 0.25) is 0 Å². The van der Waals surface area contributed by atoms with Crippen LogP contribution in [0.5, 0.6) is 0 Å². The maximum absolute atomic E-state index is 10.8. The van der Waals surface area contributed by atoms with Crippen molar-refractivity contribution in [2.24, 2.45) is 0 Å². The van der Waals surface area contributed by atoms with Crippen LogP contribution in [0.4, 0.5) is 0 Å². The van der Waals surface area contributed by atoms with Gasteiger partial charge in [0, 0.05) is 11.3 Å². The summed E-state index contributed by atoms with van der Waals surface area (Å²) in [6.07, 6.45) is 0.330. The summed E-state index contributed by atoms with van der Waals surface area (Å²) in [6, 6.07) is 4.13. The van der Waals surface area contributed by atoms with E-state index in [1.807, 2.05) is 18.4 Å². The number of hydrogen-bond donors (Lipinski definition) is 0. The van der Waals surface area contributed by atoms with Crippen molar-refractivity contribution < 1.29 is 4.79 Å². The van der Waals surface area contributed by atoms with Crippen molar-refractivity contribution in [1.29, 1.82) is 5.26 Å². The summed E-state index contributed by atoms with van der Waals surface area (Å²) in [5.74, 6) is -0.186. The first-order valence-electron chi connectivity index (χ1n) is 4.07. The van der Waals surface area contributed by atoms with Gasteiger partial charge < -0.3 is 0 Å². The van der Waals surface area contributed by atoms with Crippen molar-refractivity contribution in [3.05, 3.63) is 21.9 Å². The molecule has 68 valence electrons. The summed E-state index contributed by atoms with van der Waals surface area (Å²) < 4.78 is 0. The summed E-state index contributed by atoms with van der Waals surface area (Å²) >= 11 is 1.55. The Labute approximate surface area is 81.8 Å². The Morgan fingerprint density at radius 2 is 2.46 bits per heavy atom. The zero-order valence-electron chi connectivity index (χ0n) is 7.70. The predicted molar refractivity (Wildman–Crippen MR) is 52.7 cm³/mol. The second-order valence-corrected chi connectivity index (χ2v) is 4.06. The Morgan fingerprint density at radius 3 is 2.85 bits per heavy atom. The number of carbonyl (C=O) groups is 1. The first-order valence-corrected chi connectivity index (χ1v) is 4.95. The van der Waals surface area contributed by atoms with Crippen molar-refractivity contribution in [2.45, 2.75) is 26.2 Å². The highest BCUT2D eigenvalue weighted by Gasteiger charge is 2.14. The molecule has 0 N–H and O–H groups in total. The molecule has 0 amide bonds. The lowest BCUT2D eigenvalue weighted by molar-refractivity contribution is -0.117. The number of Topliss-reactive ketones (excluding diaryl/α,β-unsaturated/α-hetero) is 1. The number of nitrogens with zero attached hydrogens (tertiary/aromatic N) is 1. The summed E-state index contributed by atoms with van der Waals surface area (Å²) in [7, 11) is 0. The quantitative estimate of drug-likeness (QED) is 0.740. The van der Waals surface area contributed by atoms with E-state index in [9.17, 15) is 4.79 Å². The largest absolute Gasteiger partial charge is 0.300 e. The average molecular weight is 193 g/mol. The minimum absolute atomic E-state index is 0.0672. The minimum Gasteiger partial charge on any atom is -0.300 e. The van der Waals surface area contributed by atoms with Gasteiger partial charge in [0.1, 0.15) is 5.78 Å². The fourth-order valence-corrected chi connectivity index (χ4v) is 2.08. The average Bonchev–Trinajstić information content (AvgIpc) is 2.47. The van der Waals surface area contributed by atoms with Crippen molar-refractivity contribution in [3.8, 4) is 6.07 Å². The predicted octanol–water partition coefficient (Wildman–Crippen LogP) is 2.64. The monoisotopic (exact) mass is 193 g/mol. The Morgan fingerprint density at radius 1 is 1.77 bits per heavy atom. The molecule has 0 spiro atoms. The van der Waals surface area contributed by atoms with Gasteiger partial charge in [-0.15, -0.1) is 11.3 Å². The standard InChI is InChI=1S/C10H11NOS/c1-7-3-10(13-6-7)9(5-11)4-8(2)12/h3,6,9H,4H2,1-2H3. The van der Waals surface area contributed by atoms with Gasteiger partial charge in [-0.3, -0.25) is 4.79 Å². The van der Waals surface area contributed by atoms with Crippen molar-refractivity contribution in [2.75, 3.05) is 0 Å². The molecule has 0 aliphatic carbocycles. The van der Waals surface area contributed by atoms with E-state index >= 15 is 0 Å². The fraction of sp³-hybridized carbons (Fsp3) is 0.400. The Balaban J connectivity index is 2.80. The molecule has 1 unspecified atom stereocenters.